The second-order valence-electron chi connectivity index (χ2n) is 6.70. The summed E-state index contributed by atoms with van der Waals surface area (Å²) < 4.78 is 0. The molecule has 0 amide bonds. The molecule has 0 aliphatic heterocycles. The Bertz CT molecular complexity index is 384. The minimum atomic E-state index is -0.165. The molecule has 1 nitrogen and oxygen atoms in total. The second kappa shape index (κ2) is 5.44. The first-order valence-electron chi connectivity index (χ1n) is 7.20. The molecule has 0 heterocycles. The molecule has 0 saturated heterocycles. The van der Waals surface area contributed by atoms with Gasteiger partial charge in [0.2, 0.25) is 0 Å². The van der Waals surface area contributed by atoms with Crippen LogP contribution in [-0.2, 0) is 6.42 Å². The third-order valence-electron chi connectivity index (χ3n) is 4.62. The Morgan fingerprint density at radius 3 is 2.44 bits per heavy atom. The second-order valence-corrected chi connectivity index (χ2v) is 6.70. The van der Waals surface area contributed by atoms with E-state index in [-0.39, 0.29) is 6.10 Å². The molecule has 0 aromatic heterocycles. The summed E-state index contributed by atoms with van der Waals surface area (Å²) >= 11 is 0. The zero-order valence-electron chi connectivity index (χ0n) is 11.9. The largest absolute Gasteiger partial charge is 0.392 e. The summed E-state index contributed by atoms with van der Waals surface area (Å²) in [6, 6.07) is 8.41. The lowest BCUT2D eigenvalue weighted by molar-refractivity contribution is 0.0575. The Balaban J connectivity index is 1.93. The summed E-state index contributed by atoms with van der Waals surface area (Å²) in [7, 11) is 0. The minimum Gasteiger partial charge on any atom is -0.392 e. The standard InChI is InChI=1S/C17H26O/c1-13-6-4-5-7-15(13)12-16(18)14-8-10-17(2,3)11-9-14/h4-7,14,16,18H,8-12H2,1-3H3. The van der Waals surface area contributed by atoms with Crippen LogP contribution in [0.3, 0.4) is 0 Å². The summed E-state index contributed by atoms with van der Waals surface area (Å²) in [4.78, 5) is 0. The molecule has 0 radical (unpaired) electrons. The zero-order valence-corrected chi connectivity index (χ0v) is 11.9. The molecule has 1 N–H and O–H groups in total. The van der Waals surface area contributed by atoms with Crippen molar-refractivity contribution in [2.75, 3.05) is 0 Å². The summed E-state index contributed by atoms with van der Waals surface area (Å²) in [5, 5.41) is 10.4. The summed E-state index contributed by atoms with van der Waals surface area (Å²) in [5.41, 5.74) is 3.08. The highest BCUT2D eigenvalue weighted by Crippen LogP contribution is 2.39. The molecule has 1 atom stereocenters. The van der Waals surface area contributed by atoms with Crippen LogP contribution in [0.2, 0.25) is 0 Å². The number of hydrogen-bond acceptors (Lipinski definition) is 1. The van der Waals surface area contributed by atoms with Crippen molar-refractivity contribution < 1.29 is 5.11 Å². The quantitative estimate of drug-likeness (QED) is 0.850. The molecule has 18 heavy (non-hydrogen) atoms. The highest BCUT2D eigenvalue weighted by Gasteiger charge is 2.30. The van der Waals surface area contributed by atoms with Crippen LogP contribution in [-0.4, -0.2) is 11.2 Å². The Labute approximate surface area is 111 Å². The van der Waals surface area contributed by atoms with Gasteiger partial charge in [-0.05, 0) is 61.5 Å². The van der Waals surface area contributed by atoms with Crippen molar-refractivity contribution in [3.05, 3.63) is 35.4 Å². The lowest BCUT2D eigenvalue weighted by atomic mass is 9.71. The van der Waals surface area contributed by atoms with E-state index in [1.807, 2.05) is 0 Å². The predicted octanol–water partition coefficient (Wildman–Crippen LogP) is 4.11. The molecule has 0 spiro atoms. The first-order chi connectivity index (χ1) is 8.48. The van der Waals surface area contributed by atoms with Crippen LogP contribution < -0.4 is 0 Å². The molecule has 0 bridgehead atoms. The molecule has 1 aliphatic rings. The predicted molar refractivity (Wildman–Crippen MR) is 76.6 cm³/mol. The fourth-order valence-electron chi connectivity index (χ4n) is 3.04. The molecule has 1 aromatic rings. The van der Waals surface area contributed by atoms with E-state index >= 15 is 0 Å². The van der Waals surface area contributed by atoms with Gasteiger partial charge in [-0.1, -0.05) is 38.1 Å². The van der Waals surface area contributed by atoms with Crippen LogP contribution in [0.4, 0.5) is 0 Å². The van der Waals surface area contributed by atoms with Crippen molar-refractivity contribution in [3.63, 3.8) is 0 Å². The van der Waals surface area contributed by atoms with Gasteiger partial charge in [-0.2, -0.15) is 0 Å². The van der Waals surface area contributed by atoms with Gasteiger partial charge in [0.1, 0.15) is 0 Å². The number of benzene rings is 1. The van der Waals surface area contributed by atoms with Crippen molar-refractivity contribution in [3.8, 4) is 0 Å². The molecular formula is C17H26O. The first-order valence-corrected chi connectivity index (χ1v) is 7.20. The smallest absolute Gasteiger partial charge is 0.0608 e. The van der Waals surface area contributed by atoms with Crippen LogP contribution in [0.5, 0.6) is 0 Å². The van der Waals surface area contributed by atoms with Gasteiger partial charge in [0.15, 0.2) is 0 Å². The van der Waals surface area contributed by atoms with Crippen LogP contribution in [0.25, 0.3) is 0 Å². The maximum Gasteiger partial charge on any atom is 0.0608 e. The summed E-state index contributed by atoms with van der Waals surface area (Å²) in [6.07, 6.45) is 5.52. The molecule has 1 saturated carbocycles. The molecule has 1 unspecified atom stereocenters. The topological polar surface area (TPSA) is 20.2 Å². The molecule has 1 aromatic carbocycles. The number of aliphatic hydroxyl groups excluding tert-OH is 1. The molecule has 1 fully saturated rings. The van der Waals surface area contributed by atoms with Gasteiger partial charge in [0.05, 0.1) is 6.10 Å². The lowest BCUT2D eigenvalue weighted by Gasteiger charge is -2.36. The van der Waals surface area contributed by atoms with Crippen molar-refractivity contribution >= 4 is 0 Å². The van der Waals surface area contributed by atoms with Crippen molar-refractivity contribution in [1.29, 1.82) is 0 Å². The zero-order chi connectivity index (χ0) is 13.2. The third-order valence-corrected chi connectivity index (χ3v) is 4.62. The highest BCUT2D eigenvalue weighted by atomic mass is 16.3. The van der Waals surface area contributed by atoms with E-state index in [9.17, 15) is 5.11 Å². The lowest BCUT2D eigenvalue weighted by Crippen LogP contribution is -2.30. The average Bonchev–Trinajstić information content (AvgIpc) is 2.32. The number of aryl methyl sites for hydroxylation is 1. The van der Waals surface area contributed by atoms with E-state index in [1.54, 1.807) is 0 Å². The van der Waals surface area contributed by atoms with Crippen LogP contribution >= 0.6 is 0 Å². The van der Waals surface area contributed by atoms with Crippen molar-refractivity contribution in [1.82, 2.24) is 0 Å². The maximum absolute atomic E-state index is 10.4. The fourth-order valence-corrected chi connectivity index (χ4v) is 3.04. The summed E-state index contributed by atoms with van der Waals surface area (Å²) in [5.74, 6) is 0.498. The van der Waals surface area contributed by atoms with E-state index in [2.05, 4.69) is 45.0 Å². The average molecular weight is 246 g/mol. The van der Waals surface area contributed by atoms with Gasteiger partial charge in [0, 0.05) is 0 Å². The van der Waals surface area contributed by atoms with Gasteiger partial charge >= 0.3 is 0 Å². The van der Waals surface area contributed by atoms with Gasteiger partial charge < -0.3 is 5.11 Å². The normalized spacial score (nSPS) is 21.8. The van der Waals surface area contributed by atoms with E-state index in [4.69, 9.17) is 0 Å². The van der Waals surface area contributed by atoms with Crippen LogP contribution in [0.15, 0.2) is 24.3 Å². The van der Waals surface area contributed by atoms with Gasteiger partial charge in [-0.3, -0.25) is 0 Å². The number of rotatable bonds is 3. The van der Waals surface area contributed by atoms with Crippen molar-refractivity contribution in [2.45, 2.75) is 59.0 Å². The van der Waals surface area contributed by atoms with Gasteiger partial charge in [-0.15, -0.1) is 0 Å². The molecule has 2 rings (SSSR count). The van der Waals surface area contributed by atoms with Crippen molar-refractivity contribution in [2.24, 2.45) is 11.3 Å². The highest BCUT2D eigenvalue weighted by molar-refractivity contribution is 5.26. The van der Waals surface area contributed by atoms with E-state index in [0.29, 0.717) is 11.3 Å². The van der Waals surface area contributed by atoms with Crippen LogP contribution in [0, 0.1) is 18.3 Å². The molecule has 1 heteroatoms. The number of hydrogen-bond donors (Lipinski definition) is 1. The van der Waals surface area contributed by atoms with E-state index in [1.165, 1.54) is 36.8 Å². The Morgan fingerprint density at radius 1 is 1.22 bits per heavy atom. The fraction of sp³-hybridized carbons (Fsp3) is 0.647. The molecule has 100 valence electrons. The molecular weight excluding hydrogens is 220 g/mol. The van der Waals surface area contributed by atoms with Crippen LogP contribution in [0.1, 0.15) is 50.7 Å². The van der Waals surface area contributed by atoms with E-state index in [0.717, 1.165) is 6.42 Å². The Morgan fingerprint density at radius 2 is 1.83 bits per heavy atom. The number of aliphatic hydroxyl groups is 1. The minimum absolute atomic E-state index is 0.165. The molecule has 1 aliphatic carbocycles. The Kier molecular flexibility index (Phi) is 4.11. The Hall–Kier alpha value is -0.820. The monoisotopic (exact) mass is 246 g/mol. The summed E-state index contributed by atoms with van der Waals surface area (Å²) in [6.45, 7) is 6.82. The van der Waals surface area contributed by atoms with E-state index < -0.39 is 0 Å². The van der Waals surface area contributed by atoms with Gasteiger partial charge in [0.25, 0.3) is 0 Å². The van der Waals surface area contributed by atoms with Gasteiger partial charge in [-0.25, -0.2) is 0 Å². The third kappa shape index (κ3) is 3.35. The SMILES string of the molecule is Cc1ccccc1CC(O)C1CCC(C)(C)CC1. The maximum atomic E-state index is 10.4. The first kappa shape index (κ1) is 13.6.